The van der Waals surface area contributed by atoms with E-state index in [9.17, 15) is 4.79 Å². The van der Waals surface area contributed by atoms with Gasteiger partial charge in [-0.1, -0.05) is 0 Å². The van der Waals surface area contributed by atoms with Gasteiger partial charge in [-0.25, -0.2) is 4.79 Å². The lowest BCUT2D eigenvalue weighted by molar-refractivity contribution is 0.0597. The summed E-state index contributed by atoms with van der Waals surface area (Å²) in [5.41, 5.74) is 0.935. The van der Waals surface area contributed by atoms with Gasteiger partial charge in [0.15, 0.2) is 11.5 Å². The number of esters is 1. The molecule has 0 spiro atoms. The van der Waals surface area contributed by atoms with Crippen LogP contribution in [0.25, 0.3) is 10.9 Å². The van der Waals surface area contributed by atoms with Gasteiger partial charge in [-0.2, -0.15) is 0 Å². The summed E-state index contributed by atoms with van der Waals surface area (Å²) >= 11 is 0. The van der Waals surface area contributed by atoms with Crippen molar-refractivity contribution in [3.05, 3.63) is 23.9 Å². The van der Waals surface area contributed by atoms with Crippen LogP contribution in [0.5, 0.6) is 17.2 Å². The summed E-state index contributed by atoms with van der Waals surface area (Å²) in [6, 6.07) is 3.50. The Kier molecular flexibility index (Phi) is 2.63. The van der Waals surface area contributed by atoms with Crippen LogP contribution >= 0.6 is 0 Å². The highest BCUT2D eigenvalue weighted by molar-refractivity contribution is 6.00. The number of fused-ring (bicyclic) bond motifs is 2. The average molecular weight is 261 g/mol. The van der Waals surface area contributed by atoms with Crippen LogP contribution in [-0.2, 0) is 4.74 Å². The minimum Gasteiger partial charge on any atom is -0.495 e. The topological polar surface area (TPSA) is 66.9 Å². The zero-order valence-electron chi connectivity index (χ0n) is 10.4. The van der Waals surface area contributed by atoms with Crippen LogP contribution < -0.4 is 14.2 Å². The van der Waals surface area contributed by atoms with Crippen molar-refractivity contribution in [2.45, 2.75) is 0 Å². The van der Waals surface area contributed by atoms with E-state index >= 15 is 0 Å². The van der Waals surface area contributed by atoms with E-state index in [4.69, 9.17) is 18.9 Å². The summed E-state index contributed by atoms with van der Waals surface area (Å²) in [5, 5.41) is 0.676. The highest BCUT2D eigenvalue weighted by atomic mass is 16.7. The Balaban J connectivity index is 2.27. The molecule has 1 aliphatic heterocycles. The normalized spacial score (nSPS) is 12.5. The van der Waals surface area contributed by atoms with E-state index in [2.05, 4.69) is 4.98 Å². The molecule has 1 aliphatic rings. The molecule has 6 heteroatoms. The highest BCUT2D eigenvalue weighted by Gasteiger charge is 2.21. The van der Waals surface area contributed by atoms with Gasteiger partial charge in [-0.05, 0) is 6.07 Å². The van der Waals surface area contributed by atoms with Crippen LogP contribution in [0.1, 0.15) is 10.4 Å². The van der Waals surface area contributed by atoms with E-state index in [-0.39, 0.29) is 12.4 Å². The van der Waals surface area contributed by atoms with Crippen LogP contribution in [0, 0.1) is 0 Å². The molecule has 1 aromatic carbocycles. The maximum atomic E-state index is 11.7. The summed E-state index contributed by atoms with van der Waals surface area (Å²) in [6.45, 7) is 0.178. The predicted octanol–water partition coefficient (Wildman–Crippen LogP) is 1.76. The van der Waals surface area contributed by atoms with Crippen molar-refractivity contribution in [2.24, 2.45) is 0 Å². The molecule has 1 aromatic heterocycles. The maximum Gasteiger partial charge on any atom is 0.343 e. The third kappa shape index (κ3) is 1.72. The minimum atomic E-state index is -0.496. The Labute approximate surface area is 108 Å². The van der Waals surface area contributed by atoms with Crippen molar-refractivity contribution in [1.82, 2.24) is 4.98 Å². The zero-order valence-corrected chi connectivity index (χ0v) is 10.4. The molecule has 0 saturated carbocycles. The largest absolute Gasteiger partial charge is 0.495 e. The number of aromatic nitrogens is 1. The molecular formula is C13H11NO5. The van der Waals surface area contributed by atoms with Gasteiger partial charge in [0.1, 0.15) is 11.3 Å². The molecule has 98 valence electrons. The van der Waals surface area contributed by atoms with E-state index in [1.807, 2.05) is 0 Å². The molecule has 0 aliphatic carbocycles. The number of benzene rings is 1. The van der Waals surface area contributed by atoms with E-state index < -0.39 is 5.97 Å². The molecule has 0 radical (unpaired) electrons. The lowest BCUT2D eigenvalue weighted by Crippen LogP contribution is -2.05. The SMILES string of the molecule is COC(=O)c1cnc2cc3c(cc2c1OC)OCO3. The fourth-order valence-corrected chi connectivity index (χ4v) is 2.03. The number of nitrogens with zero attached hydrogens (tertiary/aromatic N) is 1. The van der Waals surface area contributed by atoms with E-state index in [1.165, 1.54) is 20.4 Å². The standard InChI is InChI=1S/C13H11NO5/c1-16-12-7-3-10-11(19-6-18-10)4-9(7)14-5-8(12)13(15)17-2/h3-5H,6H2,1-2H3. The van der Waals surface area contributed by atoms with Crippen molar-refractivity contribution < 1.29 is 23.7 Å². The molecule has 3 rings (SSSR count). The maximum absolute atomic E-state index is 11.7. The predicted molar refractivity (Wildman–Crippen MR) is 65.8 cm³/mol. The lowest BCUT2D eigenvalue weighted by Gasteiger charge is -2.10. The van der Waals surface area contributed by atoms with Crippen molar-refractivity contribution in [3.8, 4) is 17.2 Å². The highest BCUT2D eigenvalue weighted by Crippen LogP contribution is 2.39. The second-order valence-corrected chi connectivity index (χ2v) is 3.92. The van der Waals surface area contributed by atoms with Crippen molar-refractivity contribution >= 4 is 16.9 Å². The monoisotopic (exact) mass is 261 g/mol. The Morgan fingerprint density at radius 3 is 2.68 bits per heavy atom. The molecule has 2 heterocycles. The van der Waals surface area contributed by atoms with Crippen LogP contribution in [0.4, 0.5) is 0 Å². The van der Waals surface area contributed by atoms with Gasteiger partial charge in [0.05, 0.1) is 19.7 Å². The zero-order chi connectivity index (χ0) is 13.4. The molecule has 19 heavy (non-hydrogen) atoms. The quantitative estimate of drug-likeness (QED) is 0.767. The number of carbonyl (C=O) groups is 1. The van der Waals surface area contributed by atoms with Crippen molar-refractivity contribution in [2.75, 3.05) is 21.0 Å². The number of hydrogen-bond donors (Lipinski definition) is 0. The van der Waals surface area contributed by atoms with E-state index in [0.717, 1.165) is 0 Å². The van der Waals surface area contributed by atoms with Crippen molar-refractivity contribution in [3.63, 3.8) is 0 Å². The van der Waals surface area contributed by atoms with Gasteiger partial charge in [0.2, 0.25) is 6.79 Å². The smallest absolute Gasteiger partial charge is 0.343 e. The summed E-state index contributed by atoms with van der Waals surface area (Å²) in [7, 11) is 2.80. The summed E-state index contributed by atoms with van der Waals surface area (Å²) in [4.78, 5) is 15.9. The van der Waals surface area contributed by atoms with Crippen LogP contribution in [0.2, 0.25) is 0 Å². The summed E-state index contributed by atoms with van der Waals surface area (Å²) < 4.78 is 20.6. The Hall–Kier alpha value is -2.50. The fourth-order valence-electron chi connectivity index (χ4n) is 2.03. The molecule has 0 amide bonds. The molecule has 0 bridgehead atoms. The van der Waals surface area contributed by atoms with Crippen LogP contribution in [0.15, 0.2) is 18.3 Å². The first-order valence-electron chi connectivity index (χ1n) is 5.59. The first-order valence-corrected chi connectivity index (χ1v) is 5.59. The molecule has 0 atom stereocenters. The van der Waals surface area contributed by atoms with Crippen LogP contribution in [-0.4, -0.2) is 32.0 Å². The Bertz CT molecular complexity index is 668. The molecule has 0 fully saturated rings. The van der Waals surface area contributed by atoms with Gasteiger partial charge in [0.25, 0.3) is 0 Å². The number of hydrogen-bond acceptors (Lipinski definition) is 6. The van der Waals surface area contributed by atoms with Gasteiger partial charge in [-0.3, -0.25) is 4.98 Å². The number of methoxy groups -OCH3 is 2. The second kappa shape index (κ2) is 4.31. The molecule has 0 saturated heterocycles. The van der Waals surface area contributed by atoms with Gasteiger partial charge in [0, 0.05) is 17.6 Å². The Morgan fingerprint density at radius 1 is 1.26 bits per heavy atom. The second-order valence-electron chi connectivity index (χ2n) is 3.92. The van der Waals surface area contributed by atoms with Gasteiger partial charge < -0.3 is 18.9 Å². The van der Waals surface area contributed by atoms with Gasteiger partial charge >= 0.3 is 5.97 Å². The molecule has 0 N–H and O–H groups in total. The Morgan fingerprint density at radius 2 is 2.00 bits per heavy atom. The third-order valence-corrected chi connectivity index (χ3v) is 2.92. The van der Waals surface area contributed by atoms with E-state index in [1.54, 1.807) is 12.1 Å². The first kappa shape index (κ1) is 11.6. The van der Waals surface area contributed by atoms with Gasteiger partial charge in [-0.15, -0.1) is 0 Å². The molecule has 6 nitrogen and oxygen atoms in total. The van der Waals surface area contributed by atoms with Crippen LogP contribution in [0.3, 0.4) is 0 Å². The van der Waals surface area contributed by atoms with E-state index in [0.29, 0.717) is 28.2 Å². The average Bonchev–Trinajstić information content (AvgIpc) is 2.89. The summed E-state index contributed by atoms with van der Waals surface area (Å²) in [5.74, 6) is 1.15. The third-order valence-electron chi connectivity index (χ3n) is 2.92. The minimum absolute atomic E-state index is 0.178. The number of pyridine rings is 1. The first-order chi connectivity index (χ1) is 9.24. The van der Waals surface area contributed by atoms with Crippen molar-refractivity contribution in [1.29, 1.82) is 0 Å². The number of rotatable bonds is 2. The number of carbonyl (C=O) groups excluding carboxylic acids is 1. The fraction of sp³-hybridized carbons (Fsp3) is 0.231. The summed E-state index contributed by atoms with van der Waals surface area (Å²) in [6.07, 6.45) is 1.43. The molecule has 2 aromatic rings. The molecular weight excluding hydrogens is 250 g/mol. The molecule has 0 unspecified atom stereocenters. The number of ether oxygens (including phenoxy) is 4. The lowest BCUT2D eigenvalue weighted by atomic mass is 10.1.